The molecule has 132 valence electrons. The lowest BCUT2D eigenvalue weighted by Gasteiger charge is -2.28. The Balaban J connectivity index is 1.40. The van der Waals surface area contributed by atoms with Crippen LogP contribution >= 0.6 is 0 Å². The molecule has 3 rings (SSSR count). The standard InChI is InChI=1S/C19H28N2O3/c1-14(16-3-2-7-20-13-16)11-19(22)21-8-6-15-4-5-17-18(12-15)24-10-9-23-17/h4-5,12,14,16,20H,2-3,6-11,13H2,1H3,(H,21,22). The molecule has 1 aromatic carbocycles. The maximum atomic E-state index is 12.1. The molecule has 0 radical (unpaired) electrons. The molecule has 2 heterocycles. The molecule has 5 heteroatoms. The summed E-state index contributed by atoms with van der Waals surface area (Å²) in [4.78, 5) is 12.1. The number of rotatable bonds is 6. The van der Waals surface area contributed by atoms with E-state index in [2.05, 4.69) is 17.6 Å². The zero-order chi connectivity index (χ0) is 16.8. The number of carbonyl (C=O) groups excluding carboxylic acids is 1. The van der Waals surface area contributed by atoms with Crippen molar-refractivity contribution in [3.8, 4) is 11.5 Å². The average molecular weight is 332 g/mol. The second-order valence-electron chi connectivity index (χ2n) is 6.87. The minimum absolute atomic E-state index is 0.158. The van der Waals surface area contributed by atoms with E-state index < -0.39 is 0 Å². The Bertz CT molecular complexity index is 556. The Morgan fingerprint density at radius 1 is 1.33 bits per heavy atom. The van der Waals surface area contributed by atoms with Crippen LogP contribution in [0.2, 0.25) is 0 Å². The van der Waals surface area contributed by atoms with Crippen LogP contribution in [-0.4, -0.2) is 38.8 Å². The van der Waals surface area contributed by atoms with Crippen molar-refractivity contribution in [1.82, 2.24) is 10.6 Å². The SMILES string of the molecule is CC(CC(=O)NCCc1ccc2c(c1)OCCO2)C1CCCNC1. The lowest BCUT2D eigenvalue weighted by Crippen LogP contribution is -2.36. The number of benzene rings is 1. The fourth-order valence-corrected chi connectivity index (χ4v) is 3.49. The number of ether oxygens (including phenoxy) is 2. The first kappa shape index (κ1) is 17.1. The molecule has 0 aliphatic carbocycles. The minimum Gasteiger partial charge on any atom is -0.486 e. The van der Waals surface area contributed by atoms with Crippen LogP contribution in [-0.2, 0) is 11.2 Å². The Labute approximate surface area is 144 Å². The lowest BCUT2D eigenvalue weighted by atomic mass is 9.85. The van der Waals surface area contributed by atoms with Gasteiger partial charge in [0.1, 0.15) is 13.2 Å². The molecule has 2 N–H and O–H groups in total. The van der Waals surface area contributed by atoms with Crippen LogP contribution in [0.1, 0.15) is 31.7 Å². The molecule has 0 aromatic heterocycles. The highest BCUT2D eigenvalue weighted by atomic mass is 16.6. The predicted octanol–water partition coefficient (Wildman–Crippen LogP) is 2.14. The monoisotopic (exact) mass is 332 g/mol. The van der Waals surface area contributed by atoms with Gasteiger partial charge in [0.05, 0.1) is 0 Å². The summed E-state index contributed by atoms with van der Waals surface area (Å²) in [5.41, 5.74) is 1.16. The maximum Gasteiger partial charge on any atom is 0.220 e. The van der Waals surface area contributed by atoms with Gasteiger partial charge in [-0.2, -0.15) is 0 Å². The van der Waals surface area contributed by atoms with Gasteiger partial charge in [-0.3, -0.25) is 4.79 Å². The average Bonchev–Trinajstić information content (AvgIpc) is 2.62. The number of piperidine rings is 1. The van der Waals surface area contributed by atoms with Crippen molar-refractivity contribution in [2.75, 3.05) is 32.8 Å². The highest BCUT2D eigenvalue weighted by Gasteiger charge is 2.21. The summed E-state index contributed by atoms with van der Waals surface area (Å²) >= 11 is 0. The molecule has 1 amide bonds. The normalized spacial score (nSPS) is 21.1. The first-order valence-corrected chi connectivity index (χ1v) is 9.08. The van der Waals surface area contributed by atoms with Gasteiger partial charge in [-0.1, -0.05) is 13.0 Å². The van der Waals surface area contributed by atoms with E-state index in [1.54, 1.807) is 0 Å². The van der Waals surface area contributed by atoms with Gasteiger partial charge in [0.15, 0.2) is 11.5 Å². The van der Waals surface area contributed by atoms with Crippen molar-refractivity contribution in [3.63, 3.8) is 0 Å². The van der Waals surface area contributed by atoms with E-state index in [1.807, 2.05) is 18.2 Å². The Hall–Kier alpha value is -1.75. The molecule has 5 nitrogen and oxygen atoms in total. The van der Waals surface area contributed by atoms with Gasteiger partial charge in [-0.05, 0) is 61.9 Å². The lowest BCUT2D eigenvalue weighted by molar-refractivity contribution is -0.122. The smallest absolute Gasteiger partial charge is 0.220 e. The van der Waals surface area contributed by atoms with Crippen molar-refractivity contribution >= 4 is 5.91 Å². The molecule has 1 fully saturated rings. The Morgan fingerprint density at radius 3 is 2.96 bits per heavy atom. The molecule has 0 bridgehead atoms. The summed E-state index contributed by atoms with van der Waals surface area (Å²) < 4.78 is 11.1. The van der Waals surface area contributed by atoms with E-state index in [9.17, 15) is 4.79 Å². The minimum atomic E-state index is 0.158. The molecule has 1 saturated heterocycles. The zero-order valence-electron chi connectivity index (χ0n) is 14.5. The van der Waals surface area contributed by atoms with Crippen LogP contribution in [0.4, 0.5) is 0 Å². The molecule has 0 saturated carbocycles. The van der Waals surface area contributed by atoms with Crippen LogP contribution in [0, 0.1) is 11.8 Å². The third-order valence-electron chi connectivity index (χ3n) is 4.99. The van der Waals surface area contributed by atoms with Crippen LogP contribution in [0.5, 0.6) is 11.5 Å². The highest BCUT2D eigenvalue weighted by molar-refractivity contribution is 5.76. The quantitative estimate of drug-likeness (QED) is 0.838. The van der Waals surface area contributed by atoms with Crippen LogP contribution < -0.4 is 20.1 Å². The largest absolute Gasteiger partial charge is 0.486 e. The molecule has 24 heavy (non-hydrogen) atoms. The van der Waals surface area contributed by atoms with Crippen LogP contribution in [0.3, 0.4) is 0 Å². The number of hydrogen-bond donors (Lipinski definition) is 2. The summed E-state index contributed by atoms with van der Waals surface area (Å²) in [7, 11) is 0. The van der Waals surface area contributed by atoms with Gasteiger partial charge >= 0.3 is 0 Å². The summed E-state index contributed by atoms with van der Waals surface area (Å²) in [6.45, 7) is 6.22. The van der Waals surface area contributed by atoms with Crippen molar-refractivity contribution < 1.29 is 14.3 Å². The molecule has 0 spiro atoms. The highest BCUT2D eigenvalue weighted by Crippen LogP contribution is 2.30. The van der Waals surface area contributed by atoms with Gasteiger partial charge in [0.2, 0.25) is 5.91 Å². The molecule has 2 atom stereocenters. The number of hydrogen-bond acceptors (Lipinski definition) is 4. The van der Waals surface area contributed by atoms with Crippen molar-refractivity contribution in [1.29, 1.82) is 0 Å². The fraction of sp³-hybridized carbons (Fsp3) is 0.632. The maximum absolute atomic E-state index is 12.1. The van der Waals surface area contributed by atoms with E-state index in [1.165, 1.54) is 12.8 Å². The van der Waals surface area contributed by atoms with E-state index in [0.29, 0.717) is 38.0 Å². The van der Waals surface area contributed by atoms with Crippen LogP contribution in [0.15, 0.2) is 18.2 Å². The first-order valence-electron chi connectivity index (χ1n) is 9.08. The van der Waals surface area contributed by atoms with Crippen molar-refractivity contribution in [2.24, 2.45) is 11.8 Å². The second-order valence-corrected chi connectivity index (χ2v) is 6.87. The number of fused-ring (bicyclic) bond motifs is 1. The van der Waals surface area contributed by atoms with Crippen molar-refractivity contribution in [2.45, 2.75) is 32.6 Å². The summed E-state index contributed by atoms with van der Waals surface area (Å²) in [5, 5.41) is 6.47. The fourth-order valence-electron chi connectivity index (χ4n) is 3.49. The van der Waals surface area contributed by atoms with Crippen LogP contribution in [0.25, 0.3) is 0 Å². The van der Waals surface area contributed by atoms with E-state index in [4.69, 9.17) is 9.47 Å². The zero-order valence-corrected chi connectivity index (χ0v) is 14.5. The first-order chi connectivity index (χ1) is 11.7. The van der Waals surface area contributed by atoms with Gasteiger partial charge < -0.3 is 20.1 Å². The molecular formula is C19H28N2O3. The molecule has 2 aliphatic rings. The van der Waals surface area contributed by atoms with E-state index >= 15 is 0 Å². The Morgan fingerprint density at radius 2 is 2.17 bits per heavy atom. The number of amides is 1. The third kappa shape index (κ3) is 4.63. The van der Waals surface area contributed by atoms with E-state index in [0.717, 1.165) is 36.6 Å². The van der Waals surface area contributed by atoms with Gasteiger partial charge in [0, 0.05) is 13.0 Å². The molecule has 2 unspecified atom stereocenters. The topological polar surface area (TPSA) is 59.6 Å². The predicted molar refractivity (Wildman–Crippen MR) is 93.5 cm³/mol. The molecule has 1 aromatic rings. The van der Waals surface area contributed by atoms with E-state index in [-0.39, 0.29) is 5.91 Å². The molecule has 2 aliphatic heterocycles. The van der Waals surface area contributed by atoms with Gasteiger partial charge in [-0.15, -0.1) is 0 Å². The van der Waals surface area contributed by atoms with Gasteiger partial charge in [-0.25, -0.2) is 0 Å². The van der Waals surface area contributed by atoms with Gasteiger partial charge in [0.25, 0.3) is 0 Å². The third-order valence-corrected chi connectivity index (χ3v) is 4.99. The summed E-state index contributed by atoms with van der Waals surface area (Å²) in [6, 6.07) is 6.00. The summed E-state index contributed by atoms with van der Waals surface area (Å²) in [5.74, 6) is 2.84. The summed E-state index contributed by atoms with van der Waals surface area (Å²) in [6.07, 6.45) is 3.88. The molecular weight excluding hydrogens is 304 g/mol. The number of carbonyl (C=O) groups is 1. The second kappa shape index (κ2) is 8.38. The number of nitrogens with one attached hydrogen (secondary N) is 2. The Kier molecular flexibility index (Phi) is 5.96. The van der Waals surface area contributed by atoms with Crippen molar-refractivity contribution in [3.05, 3.63) is 23.8 Å².